The summed E-state index contributed by atoms with van der Waals surface area (Å²) in [6.07, 6.45) is 17.5. The molecule has 3 aliphatic rings. The molecule has 10 heteroatoms. The van der Waals surface area contributed by atoms with Crippen LogP contribution in [-0.2, 0) is 14.3 Å². The lowest BCUT2D eigenvalue weighted by molar-refractivity contribution is -0.151. The van der Waals surface area contributed by atoms with Gasteiger partial charge >= 0.3 is 12.1 Å². The van der Waals surface area contributed by atoms with E-state index in [0.717, 1.165) is 18.7 Å². The van der Waals surface area contributed by atoms with Gasteiger partial charge in [0.1, 0.15) is 17.5 Å². The van der Waals surface area contributed by atoms with Crippen molar-refractivity contribution in [1.82, 2.24) is 19.8 Å². The number of esters is 1. The van der Waals surface area contributed by atoms with Crippen molar-refractivity contribution < 1.29 is 29.3 Å². The summed E-state index contributed by atoms with van der Waals surface area (Å²) in [6, 6.07) is 2.37. The molecule has 4 rings (SSSR count). The number of aliphatic hydroxyl groups is 2. The highest BCUT2D eigenvalue weighted by Crippen LogP contribution is 2.28. The minimum absolute atomic E-state index is 0.00552. The molecule has 2 fully saturated rings. The van der Waals surface area contributed by atoms with E-state index in [1.807, 2.05) is 45.1 Å². The van der Waals surface area contributed by atoms with Crippen LogP contribution in [0.25, 0.3) is 0 Å². The fourth-order valence-corrected chi connectivity index (χ4v) is 6.63. The summed E-state index contributed by atoms with van der Waals surface area (Å²) in [6.45, 7) is 10.3. The second-order valence-corrected chi connectivity index (χ2v) is 13.6. The molecular formula is C36H54N4O6. The van der Waals surface area contributed by atoms with Crippen LogP contribution in [0.2, 0.25) is 0 Å². The summed E-state index contributed by atoms with van der Waals surface area (Å²) >= 11 is 0. The van der Waals surface area contributed by atoms with Gasteiger partial charge in [-0.3, -0.25) is 9.69 Å². The first-order chi connectivity index (χ1) is 22.0. The Morgan fingerprint density at radius 1 is 1.09 bits per heavy atom. The van der Waals surface area contributed by atoms with Crippen LogP contribution in [0.5, 0.6) is 0 Å². The summed E-state index contributed by atoms with van der Waals surface area (Å²) in [7, 11) is 0. The van der Waals surface area contributed by atoms with Crippen molar-refractivity contribution in [3.05, 3.63) is 60.2 Å². The van der Waals surface area contributed by atoms with Crippen molar-refractivity contribution in [1.29, 1.82) is 0 Å². The van der Waals surface area contributed by atoms with Gasteiger partial charge in [-0.05, 0) is 57.2 Å². The molecule has 0 spiro atoms. The van der Waals surface area contributed by atoms with Crippen LogP contribution in [0.4, 0.5) is 4.79 Å². The fourth-order valence-electron chi connectivity index (χ4n) is 6.63. The Morgan fingerprint density at radius 3 is 2.43 bits per heavy atom. The van der Waals surface area contributed by atoms with Crippen LogP contribution in [0.1, 0.15) is 97.2 Å². The second-order valence-electron chi connectivity index (χ2n) is 13.6. The van der Waals surface area contributed by atoms with Gasteiger partial charge in [-0.1, -0.05) is 63.8 Å². The maximum absolute atomic E-state index is 13.4. The molecule has 1 aromatic rings. The number of aliphatic hydroxyl groups excluding tert-OH is 1. The van der Waals surface area contributed by atoms with Gasteiger partial charge in [0, 0.05) is 56.5 Å². The average Bonchev–Trinajstić information content (AvgIpc) is 3.34. The van der Waals surface area contributed by atoms with Gasteiger partial charge in [0.25, 0.3) is 0 Å². The van der Waals surface area contributed by atoms with Gasteiger partial charge in [0.15, 0.2) is 6.10 Å². The third-order valence-corrected chi connectivity index (χ3v) is 9.67. The van der Waals surface area contributed by atoms with Crippen molar-refractivity contribution in [3.63, 3.8) is 0 Å². The van der Waals surface area contributed by atoms with Crippen molar-refractivity contribution in [3.8, 4) is 0 Å². The summed E-state index contributed by atoms with van der Waals surface area (Å²) in [4.78, 5) is 39.1. The van der Waals surface area contributed by atoms with Crippen molar-refractivity contribution >= 4 is 12.1 Å². The number of rotatable bonds is 6. The molecule has 0 aromatic carbocycles. The van der Waals surface area contributed by atoms with Crippen LogP contribution in [-0.4, -0.2) is 98.2 Å². The highest BCUT2D eigenvalue weighted by Gasteiger charge is 2.37. The molecule has 1 unspecified atom stereocenters. The number of aromatic nitrogens is 2. The lowest BCUT2D eigenvalue weighted by atomic mass is 9.88. The Labute approximate surface area is 274 Å². The first kappa shape index (κ1) is 35.8. The van der Waals surface area contributed by atoms with Crippen molar-refractivity contribution in [2.24, 2.45) is 5.92 Å². The zero-order chi connectivity index (χ0) is 33.1. The molecule has 2 aliphatic heterocycles. The predicted molar refractivity (Wildman–Crippen MR) is 177 cm³/mol. The quantitative estimate of drug-likeness (QED) is 0.184. The zero-order valence-electron chi connectivity index (χ0n) is 28.1. The summed E-state index contributed by atoms with van der Waals surface area (Å²) in [5, 5.41) is 22.1. The number of carbonyl (C=O) groups excluding carboxylic acids is 2. The topological polar surface area (TPSA) is 125 Å². The highest BCUT2D eigenvalue weighted by atomic mass is 16.6. The predicted octanol–water partition coefficient (Wildman–Crippen LogP) is 5.33. The first-order valence-electron chi connectivity index (χ1n) is 17.1. The molecule has 0 radical (unpaired) electrons. The zero-order valence-corrected chi connectivity index (χ0v) is 28.1. The van der Waals surface area contributed by atoms with E-state index in [1.54, 1.807) is 36.4 Å². The third kappa shape index (κ3) is 10.5. The number of amides is 1. The van der Waals surface area contributed by atoms with E-state index in [-0.39, 0.29) is 31.1 Å². The molecule has 10 nitrogen and oxygen atoms in total. The number of cyclic esters (lactones) is 1. The maximum Gasteiger partial charge on any atom is 0.410 e. The molecule has 1 saturated heterocycles. The Bertz CT molecular complexity index is 1200. The lowest BCUT2D eigenvalue weighted by Gasteiger charge is -2.40. The number of allylic oxidation sites excluding steroid dienone is 3. The molecule has 1 aliphatic carbocycles. The van der Waals surface area contributed by atoms with Crippen molar-refractivity contribution in [2.45, 2.75) is 121 Å². The number of hydrogen-bond acceptors (Lipinski definition) is 9. The van der Waals surface area contributed by atoms with Crippen LogP contribution < -0.4 is 0 Å². The van der Waals surface area contributed by atoms with Crippen LogP contribution >= 0.6 is 0 Å². The molecule has 46 heavy (non-hydrogen) atoms. The van der Waals surface area contributed by atoms with E-state index < -0.39 is 36.0 Å². The molecule has 1 amide bonds. The van der Waals surface area contributed by atoms with E-state index in [4.69, 9.17) is 9.47 Å². The molecule has 3 heterocycles. The van der Waals surface area contributed by atoms with E-state index in [9.17, 15) is 19.8 Å². The van der Waals surface area contributed by atoms with Gasteiger partial charge in [-0.2, -0.15) is 0 Å². The van der Waals surface area contributed by atoms with Crippen LogP contribution in [0.3, 0.4) is 0 Å². The fraction of sp³-hybridized carbons (Fsp3) is 0.667. The minimum atomic E-state index is -1.45. The smallest absolute Gasteiger partial charge is 0.410 e. The van der Waals surface area contributed by atoms with Crippen LogP contribution in [0.15, 0.2) is 54.4 Å². The van der Waals surface area contributed by atoms with Crippen LogP contribution in [0, 0.1) is 5.92 Å². The van der Waals surface area contributed by atoms with Crippen molar-refractivity contribution in [2.75, 3.05) is 26.2 Å². The van der Waals surface area contributed by atoms with Gasteiger partial charge in [-0.25, -0.2) is 14.8 Å². The van der Waals surface area contributed by atoms with Gasteiger partial charge in [0.05, 0.1) is 12.5 Å². The van der Waals surface area contributed by atoms with E-state index >= 15 is 0 Å². The maximum atomic E-state index is 13.4. The van der Waals surface area contributed by atoms with E-state index in [0.29, 0.717) is 25.0 Å². The van der Waals surface area contributed by atoms with Gasteiger partial charge in [0.2, 0.25) is 0 Å². The molecule has 1 saturated carbocycles. The SMILES string of the molecule is C/C(=C\C=C\C(C)c1ncccn1)[C@H]1OC(=O)C[C@H](O)CC[C@@](C)(O)[C@@H](OC(=O)N2CCN(C3CCCCCC3)CC2)/C=C\[C@@H]1C. The van der Waals surface area contributed by atoms with E-state index in [2.05, 4.69) is 14.9 Å². The lowest BCUT2D eigenvalue weighted by Crippen LogP contribution is -2.53. The van der Waals surface area contributed by atoms with E-state index in [1.165, 1.54) is 38.5 Å². The Balaban J connectivity index is 1.45. The molecule has 1 aromatic heterocycles. The number of nitrogens with zero attached hydrogens (tertiary/aromatic N) is 4. The highest BCUT2D eigenvalue weighted by molar-refractivity contribution is 5.70. The number of piperazine rings is 1. The Morgan fingerprint density at radius 2 is 1.76 bits per heavy atom. The van der Waals surface area contributed by atoms with Gasteiger partial charge in [-0.15, -0.1) is 0 Å². The Hall–Kier alpha value is -3.08. The molecular weight excluding hydrogens is 584 g/mol. The first-order valence-corrected chi connectivity index (χ1v) is 17.1. The minimum Gasteiger partial charge on any atom is -0.457 e. The number of hydrogen-bond donors (Lipinski definition) is 2. The number of carbonyl (C=O) groups is 2. The normalized spacial score (nSPS) is 31.3. The largest absolute Gasteiger partial charge is 0.457 e. The third-order valence-electron chi connectivity index (χ3n) is 9.67. The summed E-state index contributed by atoms with van der Waals surface area (Å²) in [5.41, 5.74) is -0.641. The second kappa shape index (κ2) is 17.2. The standard InChI is InChI=1S/C36H54N4O6/c1-26(11-9-12-28(3)34-37-19-10-20-38-34)33-27(2)15-16-31(36(4,44)18-17-30(41)25-32(42)46-33)45-35(43)40-23-21-39(22-24-40)29-13-7-5-6-8-14-29/h9-12,15-16,19-20,27-31,33,41,44H,5-8,13-14,17-18,21-25H2,1-4H3/b12-9+,16-15-,26-11+/t27-,28?,30+,31-,33+,36+/m0/s1. The molecule has 6 atom stereocenters. The monoisotopic (exact) mass is 638 g/mol. The summed E-state index contributed by atoms with van der Waals surface area (Å²) < 4.78 is 11.9. The average molecular weight is 639 g/mol. The molecule has 0 bridgehead atoms. The molecule has 2 N–H and O–H groups in total. The number of ether oxygens (including phenoxy) is 2. The van der Waals surface area contributed by atoms with Gasteiger partial charge < -0.3 is 24.6 Å². The summed E-state index contributed by atoms with van der Waals surface area (Å²) in [5.74, 6) is -0.109. The molecule has 254 valence electrons. The Kier molecular flexibility index (Phi) is 13.4.